The third kappa shape index (κ3) is 4.25. The second-order valence-electron chi connectivity index (χ2n) is 13.6. The van der Waals surface area contributed by atoms with Crippen molar-refractivity contribution in [2.45, 2.75) is 0 Å². The summed E-state index contributed by atoms with van der Waals surface area (Å²) in [6, 6.07) is 56.6. The van der Waals surface area contributed by atoms with Crippen LogP contribution in [-0.2, 0) is 0 Å². The van der Waals surface area contributed by atoms with Crippen molar-refractivity contribution in [1.82, 2.24) is 15.0 Å². The van der Waals surface area contributed by atoms with Crippen LogP contribution < -0.4 is 4.90 Å². The molecule has 1 aliphatic heterocycles. The van der Waals surface area contributed by atoms with Gasteiger partial charge in [-0.05, 0) is 58.8 Å². The lowest BCUT2D eigenvalue weighted by atomic mass is 9.89. The molecule has 4 heterocycles. The Kier molecular flexibility index (Phi) is 6.06. The van der Waals surface area contributed by atoms with Gasteiger partial charge in [0.1, 0.15) is 0 Å². The van der Waals surface area contributed by atoms with Gasteiger partial charge in [-0.1, -0.05) is 115 Å². The Morgan fingerprint density at radius 3 is 1.96 bits per heavy atom. The first-order valence-corrected chi connectivity index (χ1v) is 19.3. The number of hydrogen-bond acceptors (Lipinski definition) is 6. The molecule has 0 unspecified atom stereocenters. The fourth-order valence-corrected chi connectivity index (χ4v) is 10.6. The molecule has 12 rings (SSSR count). The van der Waals surface area contributed by atoms with E-state index in [1.807, 2.05) is 11.3 Å². The van der Waals surface area contributed by atoms with Gasteiger partial charge in [0.25, 0.3) is 0 Å². The van der Waals surface area contributed by atoms with Crippen LogP contribution in [0.5, 0.6) is 0 Å². The number of thiophene rings is 2. The molecule has 53 heavy (non-hydrogen) atoms. The Balaban J connectivity index is 1.19. The van der Waals surface area contributed by atoms with Crippen LogP contribution in [0.4, 0.5) is 17.3 Å². The van der Waals surface area contributed by atoms with Crippen molar-refractivity contribution in [2.24, 2.45) is 0 Å². The molecule has 8 aromatic carbocycles. The van der Waals surface area contributed by atoms with E-state index < -0.39 is 0 Å². The van der Waals surface area contributed by atoms with E-state index >= 15 is 0 Å². The van der Waals surface area contributed by atoms with Gasteiger partial charge < -0.3 is 0 Å². The van der Waals surface area contributed by atoms with E-state index in [0.29, 0.717) is 17.6 Å². The summed E-state index contributed by atoms with van der Waals surface area (Å²) in [5, 5.41) is 9.62. The minimum atomic E-state index is 0.595. The van der Waals surface area contributed by atoms with E-state index in [1.54, 1.807) is 11.3 Å². The molecular weight excluding hydrogens is 685 g/mol. The van der Waals surface area contributed by atoms with Crippen molar-refractivity contribution in [2.75, 3.05) is 4.90 Å². The zero-order valence-corrected chi connectivity index (χ0v) is 29.7. The van der Waals surface area contributed by atoms with E-state index in [-0.39, 0.29) is 0 Å². The molecule has 6 heteroatoms. The molecule has 0 aliphatic carbocycles. The number of aromatic nitrogens is 3. The van der Waals surface area contributed by atoms with Crippen molar-refractivity contribution in [1.29, 1.82) is 0 Å². The van der Waals surface area contributed by atoms with Crippen LogP contribution in [0.15, 0.2) is 158 Å². The SMILES string of the molecule is c1ccc2c3c(ccc2c1)-c1cccc2cccc(c12)N3c1nc(-c2ccc3sc4ccccc4c3c2)nc(-c2cccc3c2sc2ccccc23)n1. The smallest absolute Gasteiger partial charge is 0.238 e. The summed E-state index contributed by atoms with van der Waals surface area (Å²) in [5.41, 5.74) is 6.48. The second-order valence-corrected chi connectivity index (χ2v) is 15.7. The van der Waals surface area contributed by atoms with Gasteiger partial charge in [-0.15, -0.1) is 22.7 Å². The minimum Gasteiger partial charge on any atom is -0.277 e. The summed E-state index contributed by atoms with van der Waals surface area (Å²) >= 11 is 3.61. The van der Waals surface area contributed by atoms with Crippen molar-refractivity contribution in [3.8, 4) is 33.9 Å². The molecular formula is C47H26N4S2. The Hall–Kier alpha value is -6.47. The van der Waals surface area contributed by atoms with Crippen LogP contribution in [0.3, 0.4) is 0 Å². The molecule has 0 N–H and O–H groups in total. The van der Waals surface area contributed by atoms with Crippen LogP contribution in [-0.4, -0.2) is 15.0 Å². The second kappa shape index (κ2) is 11.0. The number of anilines is 3. The van der Waals surface area contributed by atoms with Gasteiger partial charge in [0.15, 0.2) is 11.6 Å². The van der Waals surface area contributed by atoms with Gasteiger partial charge in [-0.2, -0.15) is 9.97 Å². The Morgan fingerprint density at radius 2 is 1.08 bits per heavy atom. The molecule has 3 aromatic heterocycles. The molecule has 0 fully saturated rings. The lowest BCUT2D eigenvalue weighted by Crippen LogP contribution is -2.19. The van der Waals surface area contributed by atoms with Gasteiger partial charge in [0.05, 0.1) is 11.4 Å². The molecule has 0 spiro atoms. The van der Waals surface area contributed by atoms with Crippen molar-refractivity contribution >= 4 is 102 Å². The molecule has 0 amide bonds. The zero-order chi connectivity index (χ0) is 34.6. The summed E-state index contributed by atoms with van der Waals surface area (Å²) in [6.45, 7) is 0. The third-order valence-corrected chi connectivity index (χ3v) is 13.0. The highest BCUT2D eigenvalue weighted by atomic mass is 32.1. The fourth-order valence-electron chi connectivity index (χ4n) is 8.28. The summed E-state index contributed by atoms with van der Waals surface area (Å²) in [4.78, 5) is 18.5. The fraction of sp³-hybridized carbons (Fsp3) is 0. The van der Waals surface area contributed by atoms with E-state index in [4.69, 9.17) is 15.0 Å². The van der Waals surface area contributed by atoms with Gasteiger partial charge >= 0.3 is 0 Å². The van der Waals surface area contributed by atoms with Gasteiger partial charge in [-0.3, -0.25) is 4.90 Å². The van der Waals surface area contributed by atoms with Crippen molar-refractivity contribution in [3.63, 3.8) is 0 Å². The third-order valence-electron chi connectivity index (χ3n) is 10.6. The summed E-state index contributed by atoms with van der Waals surface area (Å²) < 4.78 is 4.95. The monoisotopic (exact) mass is 710 g/mol. The summed E-state index contributed by atoms with van der Waals surface area (Å²) in [6.07, 6.45) is 0. The van der Waals surface area contributed by atoms with Crippen LogP contribution in [0.25, 0.3) is 95.8 Å². The van der Waals surface area contributed by atoms with Crippen LogP contribution >= 0.6 is 22.7 Å². The van der Waals surface area contributed by atoms with Gasteiger partial charge in [-0.25, -0.2) is 4.98 Å². The van der Waals surface area contributed by atoms with Crippen LogP contribution in [0.1, 0.15) is 0 Å². The quantitative estimate of drug-likeness (QED) is 0.183. The maximum Gasteiger partial charge on any atom is 0.238 e. The highest BCUT2D eigenvalue weighted by molar-refractivity contribution is 7.26. The average Bonchev–Trinajstić information content (AvgIpc) is 3.79. The number of fused-ring (bicyclic) bond motifs is 10. The molecule has 11 aromatic rings. The van der Waals surface area contributed by atoms with E-state index in [2.05, 4.69) is 163 Å². The average molecular weight is 711 g/mol. The lowest BCUT2D eigenvalue weighted by molar-refractivity contribution is 1.03. The standard InChI is InChI=1S/C47H26N4S2/c1-2-13-30-27(10-1)22-24-34-33-16-7-11-28-12-8-19-38(42(28)33)51(43(30)34)47-49-45(29-23-25-41-37(26-29)32-15-4-5-20-39(32)52-41)48-46(50-47)36-18-9-17-35-31-14-3-6-21-40(31)53-44(35)36/h1-26H. The first kappa shape index (κ1) is 29.1. The number of rotatable bonds is 3. The Labute approximate surface area is 311 Å². The number of hydrogen-bond donors (Lipinski definition) is 0. The summed E-state index contributed by atoms with van der Waals surface area (Å²) in [5.74, 6) is 1.90. The molecule has 0 saturated heterocycles. The highest BCUT2D eigenvalue weighted by Crippen LogP contribution is 2.53. The topological polar surface area (TPSA) is 41.9 Å². The van der Waals surface area contributed by atoms with E-state index in [9.17, 15) is 0 Å². The number of nitrogens with zero attached hydrogens (tertiary/aromatic N) is 4. The zero-order valence-electron chi connectivity index (χ0n) is 28.1. The number of benzene rings is 8. The van der Waals surface area contributed by atoms with Crippen LogP contribution in [0, 0.1) is 0 Å². The predicted molar refractivity (Wildman–Crippen MR) is 225 cm³/mol. The molecule has 0 saturated carbocycles. The summed E-state index contributed by atoms with van der Waals surface area (Å²) in [7, 11) is 0. The van der Waals surface area contributed by atoms with Crippen molar-refractivity contribution < 1.29 is 0 Å². The predicted octanol–water partition coefficient (Wildman–Crippen LogP) is 13.7. The minimum absolute atomic E-state index is 0.595. The van der Waals surface area contributed by atoms with Crippen molar-refractivity contribution in [3.05, 3.63) is 158 Å². The molecule has 0 atom stereocenters. The molecule has 246 valence electrons. The van der Waals surface area contributed by atoms with Gasteiger partial charge in [0.2, 0.25) is 5.95 Å². The van der Waals surface area contributed by atoms with Gasteiger partial charge in [0, 0.05) is 67.8 Å². The maximum atomic E-state index is 5.45. The Bertz CT molecular complexity index is 3320. The van der Waals surface area contributed by atoms with Crippen LogP contribution in [0.2, 0.25) is 0 Å². The highest BCUT2D eigenvalue weighted by Gasteiger charge is 2.30. The maximum absolute atomic E-state index is 5.45. The van der Waals surface area contributed by atoms with E-state index in [1.165, 1.54) is 62.1 Å². The largest absolute Gasteiger partial charge is 0.277 e. The first-order valence-electron chi connectivity index (χ1n) is 17.7. The first-order chi connectivity index (χ1) is 26.3. The molecule has 0 radical (unpaired) electrons. The van der Waals surface area contributed by atoms with E-state index in [0.717, 1.165) is 33.5 Å². The normalized spacial score (nSPS) is 12.5. The molecule has 4 nitrogen and oxygen atoms in total. The molecule has 0 bridgehead atoms. The molecule has 1 aliphatic rings. The Morgan fingerprint density at radius 1 is 0.415 bits per heavy atom. The lowest BCUT2D eigenvalue weighted by Gasteiger charge is -2.33.